The summed E-state index contributed by atoms with van der Waals surface area (Å²) in [6.45, 7) is 0.592. The summed E-state index contributed by atoms with van der Waals surface area (Å²) in [7, 11) is 0. The molecule has 1 aliphatic heterocycles. The Bertz CT molecular complexity index is 377. The first kappa shape index (κ1) is 10.7. The van der Waals surface area contributed by atoms with Crippen LogP contribution >= 0.6 is 0 Å². The van der Waals surface area contributed by atoms with Gasteiger partial charge in [-0.05, 0) is 25.0 Å². The second-order valence-corrected chi connectivity index (χ2v) is 3.72. The molecule has 1 fully saturated rings. The van der Waals surface area contributed by atoms with Crippen molar-refractivity contribution >= 4 is 12.4 Å². The highest BCUT2D eigenvalue weighted by atomic mass is 16.6. The highest BCUT2D eigenvalue weighted by molar-refractivity contribution is 5.76. The van der Waals surface area contributed by atoms with E-state index in [1.54, 1.807) is 24.3 Å². The molecule has 1 aromatic carbocycles. The minimum absolute atomic E-state index is 0.323. The van der Waals surface area contributed by atoms with Gasteiger partial charge in [0, 0.05) is 6.54 Å². The van der Waals surface area contributed by atoms with Crippen molar-refractivity contribution in [2.75, 3.05) is 6.54 Å². The molecule has 1 saturated heterocycles. The van der Waals surface area contributed by atoms with Crippen molar-refractivity contribution in [2.45, 2.75) is 18.9 Å². The zero-order valence-corrected chi connectivity index (χ0v) is 8.83. The maximum atomic E-state index is 11.7. The van der Waals surface area contributed by atoms with Crippen LogP contribution in [-0.2, 0) is 4.79 Å². The van der Waals surface area contributed by atoms with Gasteiger partial charge in [0.15, 0.2) is 0 Å². The predicted molar refractivity (Wildman–Crippen MR) is 58.3 cm³/mol. The molecule has 0 bridgehead atoms. The largest absolute Gasteiger partial charge is 0.415 e. The van der Waals surface area contributed by atoms with Crippen LogP contribution in [0.4, 0.5) is 4.79 Å². The van der Waals surface area contributed by atoms with Crippen molar-refractivity contribution in [3.63, 3.8) is 0 Å². The number of amides is 1. The average molecular weight is 219 g/mol. The standard InChI is InChI=1S/C12H13NO3/c14-9-10-5-4-8-13(10)12(15)16-11-6-2-1-3-7-11/h1-3,6-7,9-10H,4-5,8H2. The van der Waals surface area contributed by atoms with Gasteiger partial charge in [0.2, 0.25) is 0 Å². The Balaban J connectivity index is 2.00. The average Bonchev–Trinajstić information content (AvgIpc) is 2.78. The smallest absolute Gasteiger partial charge is 0.410 e. The number of aldehydes is 1. The summed E-state index contributed by atoms with van der Waals surface area (Å²) >= 11 is 0. The van der Waals surface area contributed by atoms with E-state index in [2.05, 4.69) is 0 Å². The first-order chi connectivity index (χ1) is 7.81. The van der Waals surface area contributed by atoms with Gasteiger partial charge in [0.05, 0.1) is 6.04 Å². The van der Waals surface area contributed by atoms with Crippen molar-refractivity contribution in [3.8, 4) is 5.75 Å². The lowest BCUT2D eigenvalue weighted by Gasteiger charge is -2.19. The van der Waals surface area contributed by atoms with Gasteiger partial charge in [0.25, 0.3) is 0 Å². The first-order valence-corrected chi connectivity index (χ1v) is 5.30. The zero-order valence-electron chi connectivity index (χ0n) is 8.83. The summed E-state index contributed by atoms with van der Waals surface area (Å²) in [5.74, 6) is 0.504. The molecule has 1 unspecified atom stereocenters. The lowest BCUT2D eigenvalue weighted by Crippen LogP contribution is -2.38. The van der Waals surface area contributed by atoms with Crippen molar-refractivity contribution < 1.29 is 14.3 Å². The summed E-state index contributed by atoms with van der Waals surface area (Å²) < 4.78 is 5.16. The van der Waals surface area contributed by atoms with Crippen molar-refractivity contribution in [2.24, 2.45) is 0 Å². The molecule has 1 atom stereocenters. The Morgan fingerprint density at radius 3 is 2.81 bits per heavy atom. The normalized spacial score (nSPS) is 19.5. The van der Waals surface area contributed by atoms with E-state index >= 15 is 0 Å². The van der Waals surface area contributed by atoms with E-state index in [1.807, 2.05) is 6.07 Å². The molecule has 16 heavy (non-hydrogen) atoms. The molecular weight excluding hydrogens is 206 g/mol. The van der Waals surface area contributed by atoms with Crippen LogP contribution in [0.2, 0.25) is 0 Å². The molecular formula is C12H13NO3. The Kier molecular flexibility index (Phi) is 3.19. The number of hydrogen-bond acceptors (Lipinski definition) is 3. The Hall–Kier alpha value is -1.84. The highest BCUT2D eigenvalue weighted by Gasteiger charge is 2.29. The molecule has 4 heteroatoms. The molecule has 84 valence electrons. The molecule has 1 amide bonds. The van der Waals surface area contributed by atoms with Crippen molar-refractivity contribution in [1.29, 1.82) is 0 Å². The topological polar surface area (TPSA) is 46.6 Å². The van der Waals surface area contributed by atoms with Crippen molar-refractivity contribution in [3.05, 3.63) is 30.3 Å². The van der Waals surface area contributed by atoms with Gasteiger partial charge >= 0.3 is 6.09 Å². The quantitative estimate of drug-likeness (QED) is 0.713. The number of carbonyl (C=O) groups excluding carboxylic acids is 2. The van der Waals surface area contributed by atoms with Crippen molar-refractivity contribution in [1.82, 2.24) is 4.90 Å². The van der Waals surface area contributed by atoms with Crippen LogP contribution in [0.1, 0.15) is 12.8 Å². The number of benzene rings is 1. The number of nitrogens with zero attached hydrogens (tertiary/aromatic N) is 1. The van der Waals surface area contributed by atoms with Gasteiger partial charge in [-0.3, -0.25) is 4.90 Å². The molecule has 0 N–H and O–H groups in total. The summed E-state index contributed by atoms with van der Waals surface area (Å²) in [5.41, 5.74) is 0. The number of hydrogen-bond donors (Lipinski definition) is 0. The summed E-state index contributed by atoms with van der Waals surface area (Å²) in [5, 5.41) is 0. The van der Waals surface area contributed by atoms with E-state index < -0.39 is 6.09 Å². The summed E-state index contributed by atoms with van der Waals surface area (Å²) in [6.07, 6.45) is 1.95. The third kappa shape index (κ3) is 2.21. The molecule has 0 aromatic heterocycles. The molecule has 1 aliphatic rings. The molecule has 0 aliphatic carbocycles. The van der Waals surface area contributed by atoms with E-state index in [9.17, 15) is 9.59 Å². The minimum atomic E-state index is -0.444. The molecule has 0 radical (unpaired) electrons. The zero-order chi connectivity index (χ0) is 11.4. The van der Waals surface area contributed by atoms with Crippen LogP contribution in [0.25, 0.3) is 0 Å². The lowest BCUT2D eigenvalue weighted by molar-refractivity contribution is -0.111. The van der Waals surface area contributed by atoms with Crippen LogP contribution in [0.15, 0.2) is 30.3 Å². The number of likely N-dealkylation sites (tertiary alicyclic amines) is 1. The fourth-order valence-electron chi connectivity index (χ4n) is 1.81. The number of para-hydroxylation sites is 1. The van der Waals surface area contributed by atoms with E-state index in [0.29, 0.717) is 12.3 Å². The first-order valence-electron chi connectivity index (χ1n) is 5.30. The van der Waals surface area contributed by atoms with E-state index in [-0.39, 0.29) is 6.04 Å². The molecule has 0 saturated carbocycles. The minimum Gasteiger partial charge on any atom is -0.410 e. The maximum Gasteiger partial charge on any atom is 0.415 e. The van der Waals surface area contributed by atoms with Crippen LogP contribution < -0.4 is 4.74 Å². The fraction of sp³-hybridized carbons (Fsp3) is 0.333. The fourth-order valence-corrected chi connectivity index (χ4v) is 1.81. The Labute approximate surface area is 93.8 Å². The van der Waals surface area contributed by atoms with E-state index in [0.717, 1.165) is 19.1 Å². The van der Waals surface area contributed by atoms with Crippen LogP contribution in [0.3, 0.4) is 0 Å². The van der Waals surface area contributed by atoms with E-state index in [4.69, 9.17) is 4.74 Å². The predicted octanol–water partition coefficient (Wildman–Crippen LogP) is 1.85. The third-order valence-corrected chi connectivity index (χ3v) is 2.64. The third-order valence-electron chi connectivity index (χ3n) is 2.64. The van der Waals surface area contributed by atoms with Gasteiger partial charge in [0.1, 0.15) is 12.0 Å². The SMILES string of the molecule is O=CC1CCCN1C(=O)Oc1ccccc1. The molecule has 1 heterocycles. The monoisotopic (exact) mass is 219 g/mol. The Morgan fingerprint density at radius 2 is 2.12 bits per heavy atom. The Morgan fingerprint density at radius 1 is 1.38 bits per heavy atom. The van der Waals surface area contributed by atoms with Gasteiger partial charge in [-0.15, -0.1) is 0 Å². The van der Waals surface area contributed by atoms with Gasteiger partial charge < -0.3 is 9.53 Å². The van der Waals surface area contributed by atoms with Gasteiger partial charge in [-0.1, -0.05) is 18.2 Å². The summed E-state index contributed by atoms with van der Waals surface area (Å²) in [6, 6.07) is 8.54. The number of carbonyl (C=O) groups is 2. The van der Waals surface area contributed by atoms with Crippen LogP contribution in [-0.4, -0.2) is 29.9 Å². The molecule has 2 rings (SSSR count). The number of ether oxygens (including phenoxy) is 1. The van der Waals surface area contributed by atoms with Gasteiger partial charge in [-0.25, -0.2) is 4.79 Å². The van der Waals surface area contributed by atoms with Crippen LogP contribution in [0.5, 0.6) is 5.75 Å². The van der Waals surface area contributed by atoms with Crippen LogP contribution in [0, 0.1) is 0 Å². The maximum absolute atomic E-state index is 11.7. The van der Waals surface area contributed by atoms with Gasteiger partial charge in [-0.2, -0.15) is 0 Å². The lowest BCUT2D eigenvalue weighted by atomic mass is 10.2. The molecule has 4 nitrogen and oxygen atoms in total. The van der Waals surface area contributed by atoms with E-state index in [1.165, 1.54) is 4.90 Å². The highest BCUT2D eigenvalue weighted by Crippen LogP contribution is 2.18. The molecule has 0 spiro atoms. The second kappa shape index (κ2) is 4.79. The molecule has 1 aromatic rings. The second-order valence-electron chi connectivity index (χ2n) is 3.72. The number of rotatable bonds is 2. The summed E-state index contributed by atoms with van der Waals surface area (Å²) in [4.78, 5) is 23.9.